The monoisotopic (exact) mass is 546 g/mol. The Balaban J connectivity index is 1.39. The first-order valence-corrected chi connectivity index (χ1v) is 14.5. The second-order valence-electron chi connectivity index (χ2n) is 11.4. The first-order chi connectivity index (χ1) is 18.8. The molecule has 0 spiro atoms. The molecule has 0 aliphatic carbocycles. The third-order valence-corrected chi connectivity index (χ3v) is 8.85. The highest BCUT2D eigenvalue weighted by Gasteiger charge is 2.37. The van der Waals surface area contributed by atoms with Crippen molar-refractivity contribution in [1.82, 2.24) is 14.7 Å². The average molecular weight is 547 g/mol. The van der Waals surface area contributed by atoms with Crippen LogP contribution in [0.1, 0.15) is 50.3 Å². The Labute approximate surface area is 236 Å². The van der Waals surface area contributed by atoms with E-state index in [-0.39, 0.29) is 24.0 Å². The molecule has 0 radical (unpaired) electrons. The van der Waals surface area contributed by atoms with Crippen LogP contribution in [0.2, 0.25) is 5.02 Å². The van der Waals surface area contributed by atoms with Crippen molar-refractivity contribution in [1.29, 1.82) is 0 Å². The van der Waals surface area contributed by atoms with E-state index in [0.29, 0.717) is 37.9 Å². The predicted octanol–water partition coefficient (Wildman–Crippen LogP) is 5.93. The summed E-state index contributed by atoms with van der Waals surface area (Å²) in [4.78, 5) is 31.5. The van der Waals surface area contributed by atoms with E-state index < -0.39 is 0 Å². The molecule has 0 aromatic heterocycles. The Kier molecular flexibility index (Phi) is 8.43. The van der Waals surface area contributed by atoms with Crippen molar-refractivity contribution < 1.29 is 9.59 Å². The summed E-state index contributed by atoms with van der Waals surface area (Å²) in [7, 11) is 0. The summed E-state index contributed by atoms with van der Waals surface area (Å²) in [5.74, 6) is 0.863. The number of amides is 3. The maximum absolute atomic E-state index is 13.6. The van der Waals surface area contributed by atoms with E-state index in [1.807, 2.05) is 12.1 Å². The van der Waals surface area contributed by atoms with Crippen LogP contribution in [-0.2, 0) is 4.79 Å². The van der Waals surface area contributed by atoms with Gasteiger partial charge in [-0.3, -0.25) is 9.69 Å². The summed E-state index contributed by atoms with van der Waals surface area (Å²) < 4.78 is 0. The number of rotatable bonds is 6. The highest BCUT2D eigenvalue weighted by molar-refractivity contribution is 6.30. The van der Waals surface area contributed by atoms with Gasteiger partial charge >= 0.3 is 6.03 Å². The topological polar surface area (TPSA) is 69.9 Å². The third kappa shape index (κ3) is 6.07. The SMILES string of the molecule is CC(C)[C@H]1CN(C(c2ccc(Cl)cc2)c2cccc3ccccc23)CCN1C(=O)CC1CCN(C(N)=O)CC1. The number of hydrogen-bond donors (Lipinski definition) is 1. The van der Waals surface area contributed by atoms with Gasteiger partial charge in [0.1, 0.15) is 0 Å². The number of fused-ring (bicyclic) bond motifs is 1. The number of nitrogens with two attached hydrogens (primary N) is 1. The molecule has 2 atom stereocenters. The molecule has 0 saturated carbocycles. The Morgan fingerprint density at radius 2 is 1.62 bits per heavy atom. The van der Waals surface area contributed by atoms with Crippen molar-refractivity contribution >= 4 is 34.3 Å². The summed E-state index contributed by atoms with van der Waals surface area (Å²) >= 11 is 6.28. The molecule has 1 unspecified atom stereocenters. The van der Waals surface area contributed by atoms with E-state index in [9.17, 15) is 9.59 Å². The first kappa shape index (κ1) is 27.5. The molecule has 2 fully saturated rings. The lowest BCUT2D eigenvalue weighted by molar-refractivity contribution is -0.139. The van der Waals surface area contributed by atoms with Gasteiger partial charge in [0.2, 0.25) is 5.91 Å². The molecule has 39 heavy (non-hydrogen) atoms. The van der Waals surface area contributed by atoms with E-state index in [2.05, 4.69) is 78.2 Å². The number of piperidine rings is 1. The fourth-order valence-corrected chi connectivity index (χ4v) is 6.52. The number of likely N-dealkylation sites (tertiary alicyclic amines) is 1. The lowest BCUT2D eigenvalue weighted by Crippen LogP contribution is -2.58. The normalized spacial score (nSPS) is 19.9. The van der Waals surface area contributed by atoms with Gasteiger partial charge in [-0.15, -0.1) is 0 Å². The zero-order valence-corrected chi connectivity index (χ0v) is 23.7. The number of nitrogens with zero attached hydrogens (tertiary/aromatic N) is 3. The van der Waals surface area contributed by atoms with Gasteiger partial charge < -0.3 is 15.5 Å². The number of carbonyl (C=O) groups excluding carboxylic acids is 2. The van der Waals surface area contributed by atoms with Crippen molar-refractivity contribution in [2.75, 3.05) is 32.7 Å². The van der Waals surface area contributed by atoms with Crippen LogP contribution in [0.3, 0.4) is 0 Å². The van der Waals surface area contributed by atoms with Crippen LogP contribution >= 0.6 is 11.6 Å². The lowest BCUT2D eigenvalue weighted by atomic mass is 9.89. The van der Waals surface area contributed by atoms with Gasteiger partial charge in [-0.2, -0.15) is 0 Å². The molecule has 5 rings (SSSR count). The minimum Gasteiger partial charge on any atom is -0.351 e. The Hall–Kier alpha value is -3.09. The predicted molar refractivity (Wildman–Crippen MR) is 158 cm³/mol. The molecule has 3 aromatic rings. The molecule has 3 amide bonds. The molecule has 2 saturated heterocycles. The molecule has 2 aliphatic rings. The van der Waals surface area contributed by atoms with Crippen LogP contribution in [0.5, 0.6) is 0 Å². The molecule has 2 heterocycles. The van der Waals surface area contributed by atoms with Crippen molar-refractivity contribution in [3.05, 3.63) is 82.9 Å². The number of primary amides is 1. The molecule has 3 aromatic carbocycles. The molecule has 6 nitrogen and oxygen atoms in total. The zero-order valence-electron chi connectivity index (χ0n) is 22.9. The molecule has 7 heteroatoms. The zero-order chi connectivity index (χ0) is 27.5. The van der Waals surface area contributed by atoms with Gasteiger partial charge in [0.25, 0.3) is 0 Å². The second-order valence-corrected chi connectivity index (χ2v) is 11.8. The molecular weight excluding hydrogens is 508 g/mol. The average Bonchev–Trinajstić information content (AvgIpc) is 2.94. The van der Waals surface area contributed by atoms with Crippen LogP contribution < -0.4 is 5.73 Å². The largest absolute Gasteiger partial charge is 0.351 e. The lowest BCUT2D eigenvalue weighted by Gasteiger charge is -2.47. The summed E-state index contributed by atoms with van der Waals surface area (Å²) in [6.07, 6.45) is 2.21. The van der Waals surface area contributed by atoms with Gasteiger partial charge in [-0.25, -0.2) is 4.79 Å². The standard InChI is InChI=1S/C32H39ClN4O2/c1-22(2)29-21-36(18-19-37(29)30(38)20-23-14-16-35(17-15-23)32(34)39)31(25-10-12-26(33)13-11-25)28-9-5-7-24-6-3-4-8-27(24)28/h3-13,22-23,29,31H,14-21H2,1-2H3,(H2,34,39)/t29-,31?/m1/s1. The summed E-state index contributed by atoms with van der Waals surface area (Å²) in [6.45, 7) is 8.03. The molecule has 2 N–H and O–H groups in total. The number of hydrogen-bond acceptors (Lipinski definition) is 3. The molecule has 2 aliphatic heterocycles. The molecular formula is C32H39ClN4O2. The van der Waals surface area contributed by atoms with Crippen molar-refractivity contribution in [2.45, 2.75) is 45.2 Å². The van der Waals surface area contributed by atoms with Crippen LogP contribution in [0.15, 0.2) is 66.7 Å². The molecule has 206 valence electrons. The quantitative estimate of drug-likeness (QED) is 0.416. The fraction of sp³-hybridized carbons (Fsp3) is 0.438. The minimum atomic E-state index is -0.364. The smallest absolute Gasteiger partial charge is 0.314 e. The minimum absolute atomic E-state index is 0.0602. The number of carbonyl (C=O) groups is 2. The third-order valence-electron chi connectivity index (χ3n) is 8.60. The van der Waals surface area contributed by atoms with Crippen LogP contribution in [-0.4, -0.2) is 65.4 Å². The van der Waals surface area contributed by atoms with Gasteiger partial charge in [0, 0.05) is 50.2 Å². The Bertz CT molecular complexity index is 1300. The van der Waals surface area contributed by atoms with Crippen LogP contribution in [0.4, 0.5) is 4.79 Å². The number of urea groups is 1. The maximum atomic E-state index is 13.6. The summed E-state index contributed by atoms with van der Waals surface area (Å²) in [5, 5.41) is 3.21. The van der Waals surface area contributed by atoms with Gasteiger partial charge in [-0.1, -0.05) is 80.0 Å². The highest BCUT2D eigenvalue weighted by atomic mass is 35.5. The highest BCUT2D eigenvalue weighted by Crippen LogP contribution is 2.36. The number of piperazine rings is 1. The number of halogens is 1. The fourth-order valence-electron chi connectivity index (χ4n) is 6.39. The van der Waals surface area contributed by atoms with E-state index in [0.717, 1.165) is 31.0 Å². The van der Waals surface area contributed by atoms with Crippen LogP contribution in [0, 0.1) is 11.8 Å². The Morgan fingerprint density at radius 3 is 2.31 bits per heavy atom. The number of benzene rings is 3. The van der Waals surface area contributed by atoms with Gasteiger partial charge in [0.05, 0.1) is 6.04 Å². The van der Waals surface area contributed by atoms with Gasteiger partial charge in [0.15, 0.2) is 0 Å². The van der Waals surface area contributed by atoms with E-state index in [4.69, 9.17) is 17.3 Å². The Morgan fingerprint density at radius 1 is 0.923 bits per heavy atom. The summed E-state index contributed by atoms with van der Waals surface area (Å²) in [6, 6.07) is 23.1. The second kappa shape index (κ2) is 12.0. The van der Waals surface area contributed by atoms with E-state index >= 15 is 0 Å². The van der Waals surface area contributed by atoms with Gasteiger partial charge in [-0.05, 0) is 58.7 Å². The first-order valence-electron chi connectivity index (χ1n) is 14.1. The van der Waals surface area contributed by atoms with Crippen molar-refractivity contribution in [2.24, 2.45) is 17.6 Å². The van der Waals surface area contributed by atoms with Crippen LogP contribution in [0.25, 0.3) is 10.8 Å². The van der Waals surface area contributed by atoms with E-state index in [1.165, 1.54) is 21.9 Å². The van der Waals surface area contributed by atoms with E-state index in [1.54, 1.807) is 4.90 Å². The summed E-state index contributed by atoms with van der Waals surface area (Å²) in [5.41, 5.74) is 7.93. The molecule has 0 bridgehead atoms. The van der Waals surface area contributed by atoms with Crippen molar-refractivity contribution in [3.63, 3.8) is 0 Å². The maximum Gasteiger partial charge on any atom is 0.314 e. The van der Waals surface area contributed by atoms with Crippen molar-refractivity contribution in [3.8, 4) is 0 Å².